The Kier molecular flexibility index (Phi) is 6.86. The first-order valence-corrected chi connectivity index (χ1v) is 6.80. The number of nitrogens with one attached hydrogen (secondary N) is 1. The van der Waals surface area contributed by atoms with E-state index in [2.05, 4.69) is 5.32 Å². The average Bonchev–Trinajstić information content (AvgIpc) is 2.26. The van der Waals surface area contributed by atoms with Gasteiger partial charge in [-0.15, -0.1) is 0 Å². The lowest BCUT2D eigenvalue weighted by molar-refractivity contribution is 0.0318. The van der Waals surface area contributed by atoms with E-state index in [9.17, 15) is 9.50 Å². The van der Waals surface area contributed by atoms with E-state index in [4.69, 9.17) is 27.9 Å². The van der Waals surface area contributed by atoms with Crippen LogP contribution in [-0.4, -0.2) is 31.0 Å². The Labute approximate surface area is 122 Å². The van der Waals surface area contributed by atoms with Crippen LogP contribution in [0.3, 0.4) is 0 Å². The van der Waals surface area contributed by atoms with Gasteiger partial charge in [0.15, 0.2) is 0 Å². The van der Waals surface area contributed by atoms with Crippen molar-refractivity contribution in [2.24, 2.45) is 5.92 Å². The maximum atomic E-state index is 13.0. The minimum absolute atomic E-state index is 0.181. The summed E-state index contributed by atoms with van der Waals surface area (Å²) in [5, 5.41) is 13.0. The first-order valence-electron chi connectivity index (χ1n) is 6.04. The van der Waals surface area contributed by atoms with Crippen LogP contribution in [0.2, 0.25) is 10.0 Å². The van der Waals surface area contributed by atoms with Gasteiger partial charge in [-0.3, -0.25) is 0 Å². The Balaban J connectivity index is 2.44. The second-order valence-electron chi connectivity index (χ2n) is 4.71. The fourth-order valence-corrected chi connectivity index (χ4v) is 2.02. The van der Waals surface area contributed by atoms with Crippen LogP contribution in [0.4, 0.5) is 10.1 Å². The number of benzene rings is 1. The molecule has 0 heterocycles. The van der Waals surface area contributed by atoms with Crippen LogP contribution in [0.5, 0.6) is 0 Å². The summed E-state index contributed by atoms with van der Waals surface area (Å²) in [5.41, 5.74) is 0.410. The van der Waals surface area contributed by atoms with Gasteiger partial charge in [0.25, 0.3) is 0 Å². The Morgan fingerprint density at radius 3 is 2.37 bits per heavy atom. The van der Waals surface area contributed by atoms with Gasteiger partial charge in [0, 0.05) is 13.2 Å². The molecule has 0 amide bonds. The van der Waals surface area contributed by atoms with Gasteiger partial charge in [-0.05, 0) is 18.1 Å². The van der Waals surface area contributed by atoms with Crippen LogP contribution in [0.1, 0.15) is 13.8 Å². The molecule has 0 bridgehead atoms. The molecule has 6 heteroatoms. The number of ether oxygens (including phenoxy) is 1. The van der Waals surface area contributed by atoms with Gasteiger partial charge in [-0.2, -0.15) is 0 Å². The second-order valence-corrected chi connectivity index (χ2v) is 5.52. The summed E-state index contributed by atoms with van der Waals surface area (Å²) in [4.78, 5) is 0. The lowest BCUT2D eigenvalue weighted by Gasteiger charge is -2.15. The highest BCUT2D eigenvalue weighted by Crippen LogP contribution is 2.31. The van der Waals surface area contributed by atoms with E-state index >= 15 is 0 Å². The molecule has 0 radical (unpaired) electrons. The smallest absolute Gasteiger partial charge is 0.126 e. The normalized spacial score (nSPS) is 12.8. The zero-order valence-corrected chi connectivity index (χ0v) is 12.4. The zero-order chi connectivity index (χ0) is 14.4. The summed E-state index contributed by atoms with van der Waals surface area (Å²) >= 11 is 11.7. The summed E-state index contributed by atoms with van der Waals surface area (Å²) < 4.78 is 18.3. The molecule has 19 heavy (non-hydrogen) atoms. The van der Waals surface area contributed by atoms with Gasteiger partial charge in [-0.1, -0.05) is 37.0 Å². The maximum absolute atomic E-state index is 13.0. The van der Waals surface area contributed by atoms with Crippen molar-refractivity contribution in [2.75, 3.05) is 25.1 Å². The quantitative estimate of drug-likeness (QED) is 0.809. The molecule has 0 saturated carbocycles. The highest BCUT2D eigenvalue weighted by molar-refractivity contribution is 6.39. The summed E-state index contributed by atoms with van der Waals surface area (Å²) in [7, 11) is 0. The predicted molar refractivity (Wildman–Crippen MR) is 76.6 cm³/mol. The van der Waals surface area contributed by atoms with Gasteiger partial charge in [0.1, 0.15) is 5.82 Å². The van der Waals surface area contributed by atoms with Crippen LogP contribution in [0.15, 0.2) is 12.1 Å². The molecule has 1 aromatic rings. The van der Waals surface area contributed by atoms with Gasteiger partial charge < -0.3 is 15.2 Å². The van der Waals surface area contributed by atoms with Gasteiger partial charge in [0.2, 0.25) is 0 Å². The number of halogens is 3. The van der Waals surface area contributed by atoms with E-state index in [1.807, 2.05) is 13.8 Å². The SMILES string of the molecule is CC(C)COCC(O)CNc1c(Cl)cc(F)cc1Cl. The Morgan fingerprint density at radius 1 is 1.26 bits per heavy atom. The molecule has 0 fully saturated rings. The second kappa shape index (κ2) is 7.90. The summed E-state index contributed by atoms with van der Waals surface area (Å²) in [5.74, 6) is -0.0810. The monoisotopic (exact) mass is 309 g/mol. The van der Waals surface area contributed by atoms with Crippen LogP contribution in [0.25, 0.3) is 0 Å². The van der Waals surface area contributed by atoms with Crippen molar-refractivity contribution < 1.29 is 14.2 Å². The van der Waals surface area contributed by atoms with E-state index in [1.54, 1.807) is 0 Å². The maximum Gasteiger partial charge on any atom is 0.126 e. The molecule has 0 aromatic heterocycles. The van der Waals surface area contributed by atoms with Crippen molar-refractivity contribution in [3.05, 3.63) is 28.0 Å². The van der Waals surface area contributed by atoms with Crippen LogP contribution >= 0.6 is 23.2 Å². The largest absolute Gasteiger partial charge is 0.389 e. The van der Waals surface area contributed by atoms with Crippen LogP contribution in [-0.2, 0) is 4.74 Å². The Bertz CT molecular complexity index is 393. The van der Waals surface area contributed by atoms with E-state index < -0.39 is 11.9 Å². The minimum atomic E-state index is -0.684. The number of hydrogen-bond acceptors (Lipinski definition) is 3. The molecule has 0 aliphatic carbocycles. The fourth-order valence-electron chi connectivity index (χ4n) is 1.43. The van der Waals surface area contributed by atoms with Gasteiger partial charge in [-0.25, -0.2) is 4.39 Å². The van der Waals surface area contributed by atoms with Crippen molar-refractivity contribution >= 4 is 28.9 Å². The molecule has 1 aromatic carbocycles. The Hall–Kier alpha value is -0.550. The minimum Gasteiger partial charge on any atom is -0.389 e. The van der Waals surface area contributed by atoms with E-state index in [-0.39, 0.29) is 23.2 Å². The van der Waals surface area contributed by atoms with Crippen molar-refractivity contribution in [1.29, 1.82) is 0 Å². The standard InChI is InChI=1S/C13H18Cl2FNO2/c1-8(2)6-19-7-10(18)5-17-13-11(14)3-9(16)4-12(13)15/h3-4,8,10,17-18H,5-7H2,1-2H3. The van der Waals surface area contributed by atoms with Crippen molar-refractivity contribution in [2.45, 2.75) is 20.0 Å². The molecule has 3 nitrogen and oxygen atoms in total. The number of aliphatic hydroxyl groups is 1. The number of anilines is 1. The van der Waals surface area contributed by atoms with Gasteiger partial charge in [0.05, 0.1) is 28.4 Å². The zero-order valence-electron chi connectivity index (χ0n) is 10.9. The molecular formula is C13H18Cl2FNO2. The average molecular weight is 310 g/mol. The van der Waals surface area contributed by atoms with E-state index in [0.29, 0.717) is 18.2 Å². The molecule has 0 saturated heterocycles. The van der Waals surface area contributed by atoms with E-state index in [0.717, 1.165) is 12.1 Å². The first kappa shape index (κ1) is 16.5. The van der Waals surface area contributed by atoms with Gasteiger partial charge >= 0.3 is 0 Å². The van der Waals surface area contributed by atoms with E-state index in [1.165, 1.54) is 0 Å². The molecule has 2 N–H and O–H groups in total. The van der Waals surface area contributed by atoms with Crippen molar-refractivity contribution in [1.82, 2.24) is 0 Å². The lowest BCUT2D eigenvalue weighted by atomic mass is 10.2. The molecule has 1 unspecified atom stereocenters. The molecule has 1 atom stereocenters. The van der Waals surface area contributed by atoms with Crippen LogP contribution < -0.4 is 5.32 Å². The lowest BCUT2D eigenvalue weighted by Crippen LogP contribution is -2.25. The Morgan fingerprint density at radius 2 is 1.84 bits per heavy atom. The third-order valence-electron chi connectivity index (χ3n) is 2.28. The fraction of sp³-hybridized carbons (Fsp3) is 0.538. The van der Waals surface area contributed by atoms with Crippen molar-refractivity contribution in [3.8, 4) is 0 Å². The first-order chi connectivity index (χ1) is 8.90. The summed E-state index contributed by atoms with van der Waals surface area (Å²) in [6.45, 7) is 5.10. The number of hydrogen-bond donors (Lipinski definition) is 2. The third kappa shape index (κ3) is 5.95. The third-order valence-corrected chi connectivity index (χ3v) is 2.88. The molecule has 108 valence electrons. The molecule has 0 aliphatic heterocycles. The van der Waals surface area contributed by atoms with Crippen LogP contribution in [0, 0.1) is 11.7 Å². The summed E-state index contributed by atoms with van der Waals surface area (Å²) in [6.07, 6.45) is -0.684. The predicted octanol–water partition coefficient (Wildman–Crippen LogP) is 3.58. The highest BCUT2D eigenvalue weighted by atomic mass is 35.5. The number of aliphatic hydroxyl groups excluding tert-OH is 1. The highest BCUT2D eigenvalue weighted by Gasteiger charge is 2.11. The topological polar surface area (TPSA) is 41.5 Å². The molecular weight excluding hydrogens is 292 g/mol. The number of rotatable bonds is 7. The molecule has 0 aliphatic rings. The van der Waals surface area contributed by atoms with Crippen molar-refractivity contribution in [3.63, 3.8) is 0 Å². The molecule has 0 spiro atoms. The summed E-state index contributed by atoms with van der Waals surface area (Å²) in [6, 6.07) is 2.33. The molecule has 1 rings (SSSR count).